The zero-order valence-corrected chi connectivity index (χ0v) is 11.1. The van der Waals surface area contributed by atoms with Crippen LogP contribution < -0.4 is 5.73 Å². The summed E-state index contributed by atoms with van der Waals surface area (Å²) in [6, 6.07) is 7.08. The van der Waals surface area contributed by atoms with Crippen molar-refractivity contribution in [2.24, 2.45) is 5.10 Å². The number of hydrazone groups is 1. The Labute approximate surface area is 120 Å². The van der Waals surface area contributed by atoms with E-state index in [1.54, 1.807) is 30.3 Å². The number of benzene rings is 1. The van der Waals surface area contributed by atoms with Gasteiger partial charge in [-0.1, -0.05) is 37.0 Å². The molecule has 1 aliphatic heterocycles. The number of nitrogen functional groups attached to an aromatic ring is 1. The van der Waals surface area contributed by atoms with Crippen LogP contribution in [0.15, 0.2) is 47.4 Å². The molecule has 20 heavy (non-hydrogen) atoms. The molecule has 0 fully saturated rings. The first-order chi connectivity index (χ1) is 9.56. The third-order valence-electron chi connectivity index (χ3n) is 2.55. The standard InChI is InChI=1S/C13H10N4O2S/c1-8(19-18)17-13(20)11(12(15-2)16-17)7-9-3-5-10(14)6-4-9/h3-7,18H,1,14H2. The van der Waals surface area contributed by atoms with Crippen LogP contribution in [0.1, 0.15) is 5.56 Å². The minimum Gasteiger partial charge on any atom is -0.399 e. The van der Waals surface area contributed by atoms with E-state index in [9.17, 15) is 0 Å². The summed E-state index contributed by atoms with van der Waals surface area (Å²) < 4.78 is 0. The molecule has 0 radical (unpaired) electrons. The molecule has 7 heteroatoms. The Morgan fingerprint density at radius 2 is 2.15 bits per heavy atom. The lowest BCUT2D eigenvalue weighted by atomic mass is 10.1. The second kappa shape index (κ2) is 5.52. The highest BCUT2D eigenvalue weighted by molar-refractivity contribution is 7.80. The summed E-state index contributed by atoms with van der Waals surface area (Å²) in [7, 11) is 0. The average molecular weight is 286 g/mol. The molecule has 100 valence electrons. The molecule has 0 aliphatic carbocycles. The van der Waals surface area contributed by atoms with Crippen molar-refractivity contribution in [1.82, 2.24) is 5.01 Å². The highest BCUT2D eigenvalue weighted by Gasteiger charge is 2.32. The summed E-state index contributed by atoms with van der Waals surface area (Å²) in [4.78, 5) is 7.53. The quantitative estimate of drug-likeness (QED) is 0.170. The third-order valence-corrected chi connectivity index (χ3v) is 2.95. The van der Waals surface area contributed by atoms with E-state index in [1.165, 1.54) is 0 Å². The molecule has 2 rings (SSSR count). The predicted octanol–water partition coefficient (Wildman–Crippen LogP) is 2.49. The average Bonchev–Trinajstić information content (AvgIpc) is 2.77. The monoisotopic (exact) mass is 286 g/mol. The minimum absolute atomic E-state index is 0.102. The van der Waals surface area contributed by atoms with E-state index in [4.69, 9.17) is 29.8 Å². The first-order valence-corrected chi connectivity index (χ1v) is 5.86. The Morgan fingerprint density at radius 3 is 2.70 bits per heavy atom. The van der Waals surface area contributed by atoms with E-state index in [-0.39, 0.29) is 16.7 Å². The molecule has 1 heterocycles. The molecular formula is C13H10N4O2S. The van der Waals surface area contributed by atoms with Gasteiger partial charge >= 0.3 is 5.84 Å². The van der Waals surface area contributed by atoms with Crippen molar-refractivity contribution in [1.29, 1.82) is 0 Å². The van der Waals surface area contributed by atoms with Crippen LogP contribution in [0.4, 0.5) is 5.69 Å². The van der Waals surface area contributed by atoms with Crippen molar-refractivity contribution in [3.63, 3.8) is 0 Å². The van der Waals surface area contributed by atoms with Crippen molar-refractivity contribution in [2.45, 2.75) is 0 Å². The lowest BCUT2D eigenvalue weighted by molar-refractivity contribution is -0.218. The SMILES string of the molecule is [C-]#[N+]C1=NN(C(=C)OO)C(=S)C1=Cc1ccc(N)cc1. The van der Waals surface area contributed by atoms with E-state index in [1.807, 2.05) is 0 Å². The van der Waals surface area contributed by atoms with Gasteiger partial charge in [0.1, 0.15) is 0 Å². The summed E-state index contributed by atoms with van der Waals surface area (Å²) in [6.07, 6.45) is 1.71. The van der Waals surface area contributed by atoms with Crippen LogP contribution >= 0.6 is 12.2 Å². The number of rotatable bonds is 3. The molecule has 0 amide bonds. The predicted molar refractivity (Wildman–Crippen MR) is 80.2 cm³/mol. The van der Waals surface area contributed by atoms with Gasteiger partial charge in [-0.25, -0.2) is 5.26 Å². The maximum Gasteiger partial charge on any atom is 0.304 e. The first kappa shape index (κ1) is 13.7. The van der Waals surface area contributed by atoms with Crippen molar-refractivity contribution >= 4 is 34.8 Å². The van der Waals surface area contributed by atoms with Gasteiger partial charge < -0.3 is 15.5 Å². The molecule has 0 saturated heterocycles. The summed E-state index contributed by atoms with van der Waals surface area (Å²) >= 11 is 5.20. The number of nitrogens with zero attached hydrogens (tertiary/aromatic N) is 3. The van der Waals surface area contributed by atoms with Crippen LogP contribution in [0.3, 0.4) is 0 Å². The number of hydrogen-bond donors (Lipinski definition) is 2. The van der Waals surface area contributed by atoms with Gasteiger partial charge in [-0.05, 0) is 29.4 Å². The Morgan fingerprint density at radius 1 is 1.50 bits per heavy atom. The third kappa shape index (κ3) is 2.51. The highest BCUT2D eigenvalue weighted by atomic mass is 32.1. The maximum absolute atomic E-state index is 8.60. The van der Waals surface area contributed by atoms with Crippen LogP contribution in [0.25, 0.3) is 10.9 Å². The van der Waals surface area contributed by atoms with E-state index in [0.29, 0.717) is 11.3 Å². The van der Waals surface area contributed by atoms with Gasteiger partial charge in [0.15, 0.2) is 4.99 Å². The highest BCUT2D eigenvalue weighted by Crippen LogP contribution is 2.24. The number of thiocarbonyl (C=S) groups is 1. The van der Waals surface area contributed by atoms with Crippen molar-refractivity contribution in [2.75, 3.05) is 5.73 Å². The molecule has 0 aromatic heterocycles. The zero-order chi connectivity index (χ0) is 14.7. The largest absolute Gasteiger partial charge is 0.399 e. The second-order valence-corrected chi connectivity index (χ2v) is 4.25. The summed E-state index contributed by atoms with van der Waals surface area (Å²) in [5.74, 6) is -0.0677. The lowest BCUT2D eigenvalue weighted by Gasteiger charge is -2.08. The van der Waals surface area contributed by atoms with Crippen LogP contribution in [0.2, 0.25) is 0 Å². The molecule has 1 aromatic rings. The number of hydrogen-bond acceptors (Lipinski definition) is 5. The van der Waals surface area contributed by atoms with E-state index in [2.05, 4.69) is 21.4 Å². The Balaban J connectivity index is 2.39. The van der Waals surface area contributed by atoms with Gasteiger partial charge in [0.05, 0.1) is 0 Å². The molecule has 6 nitrogen and oxygen atoms in total. The van der Waals surface area contributed by atoms with Crippen molar-refractivity contribution in [3.8, 4) is 0 Å². The number of nitrogens with two attached hydrogens (primary N) is 1. The first-order valence-electron chi connectivity index (χ1n) is 5.45. The fourth-order valence-corrected chi connectivity index (χ4v) is 1.87. The molecule has 1 aliphatic rings. The Hall–Kier alpha value is -2.69. The van der Waals surface area contributed by atoms with Crippen molar-refractivity contribution in [3.05, 3.63) is 59.3 Å². The maximum atomic E-state index is 8.60. The molecule has 0 spiro atoms. The molecule has 0 unspecified atom stereocenters. The van der Waals surface area contributed by atoms with E-state index in [0.717, 1.165) is 10.6 Å². The van der Waals surface area contributed by atoms with Crippen LogP contribution in [-0.2, 0) is 4.89 Å². The summed E-state index contributed by atoms with van der Waals surface area (Å²) in [5.41, 5.74) is 7.54. The lowest BCUT2D eigenvalue weighted by Crippen LogP contribution is -2.20. The molecule has 0 bridgehead atoms. The molecule has 3 N–H and O–H groups in total. The van der Waals surface area contributed by atoms with E-state index >= 15 is 0 Å². The van der Waals surface area contributed by atoms with Gasteiger partial charge in [-0.15, -0.1) is 5.01 Å². The minimum atomic E-state index is -0.170. The number of anilines is 1. The van der Waals surface area contributed by atoms with Crippen molar-refractivity contribution < 1.29 is 10.1 Å². The molecule has 1 aromatic carbocycles. The topological polar surface area (TPSA) is 75.4 Å². The molecular weight excluding hydrogens is 276 g/mol. The van der Waals surface area contributed by atoms with Gasteiger partial charge in [0, 0.05) is 11.3 Å². The van der Waals surface area contributed by atoms with Gasteiger partial charge in [0.2, 0.25) is 0 Å². The second-order valence-electron chi connectivity index (χ2n) is 3.86. The zero-order valence-electron chi connectivity index (χ0n) is 10.3. The van der Waals surface area contributed by atoms with Gasteiger partial charge in [-0.2, -0.15) is 0 Å². The molecule has 0 saturated carbocycles. The van der Waals surface area contributed by atoms with Gasteiger partial charge in [-0.3, -0.25) is 0 Å². The van der Waals surface area contributed by atoms with Crippen LogP contribution in [-0.4, -0.2) is 21.1 Å². The van der Waals surface area contributed by atoms with Crippen LogP contribution in [0, 0.1) is 6.57 Å². The summed E-state index contributed by atoms with van der Waals surface area (Å²) in [5, 5.41) is 13.6. The smallest absolute Gasteiger partial charge is 0.304 e. The Kier molecular flexibility index (Phi) is 3.79. The van der Waals surface area contributed by atoms with E-state index < -0.39 is 0 Å². The fraction of sp³-hybridized carbons (Fsp3) is 0. The van der Waals surface area contributed by atoms with Crippen LogP contribution in [0.5, 0.6) is 0 Å². The summed E-state index contributed by atoms with van der Waals surface area (Å²) in [6.45, 7) is 10.6. The fourth-order valence-electron chi connectivity index (χ4n) is 1.58. The Bertz CT molecular complexity index is 671. The van der Waals surface area contributed by atoms with Gasteiger partial charge in [0.25, 0.3) is 5.88 Å². The normalized spacial score (nSPS) is 16.0. The molecule has 0 atom stereocenters. The number of amidine groups is 1.